The first kappa shape index (κ1) is 72.7. The molecule has 22 nitrogen and oxygen atoms in total. The van der Waals surface area contributed by atoms with Gasteiger partial charge < -0.3 is 49.2 Å². The van der Waals surface area contributed by atoms with Gasteiger partial charge in [-0.05, 0) is 129 Å². The summed E-state index contributed by atoms with van der Waals surface area (Å²) in [5.74, 6) is 1.81. The van der Waals surface area contributed by atoms with E-state index in [0.717, 1.165) is 38.6 Å². The van der Waals surface area contributed by atoms with Crippen molar-refractivity contribution in [2.75, 3.05) is 74.2 Å². The first-order chi connectivity index (χ1) is 54.2. The van der Waals surface area contributed by atoms with Gasteiger partial charge in [-0.2, -0.15) is 9.97 Å². The summed E-state index contributed by atoms with van der Waals surface area (Å²) in [5.41, 5.74) is 1.68. The number of anilines is 3. The van der Waals surface area contributed by atoms with E-state index in [1.807, 2.05) is 14.7 Å². The van der Waals surface area contributed by atoms with Gasteiger partial charge in [0, 0.05) is 107 Å². The van der Waals surface area contributed by atoms with Crippen LogP contribution < -0.4 is 19.4 Å². The molecule has 2 N–H and O–H groups in total. The number of aryl methyl sites for hydroxylation is 1. The van der Waals surface area contributed by atoms with Crippen LogP contribution in [0.3, 0.4) is 0 Å². The molecule has 0 bridgehead atoms. The molecule has 0 radical (unpaired) electrons. The quantitative estimate of drug-likeness (QED) is 0.0656. The van der Waals surface area contributed by atoms with E-state index in [9.17, 15) is 29.0 Å². The van der Waals surface area contributed by atoms with Crippen LogP contribution in [-0.4, -0.2) is 194 Å². The average molecular weight is 1550 g/mol. The number of likely N-dealkylation sites (N-methyl/N-ethyl adjacent to an activating group) is 1. The van der Waals surface area contributed by atoms with Crippen molar-refractivity contribution in [3.05, 3.63) is 199 Å². The molecule has 7 aliphatic rings. The van der Waals surface area contributed by atoms with Crippen molar-refractivity contribution in [3.63, 3.8) is 0 Å². The van der Waals surface area contributed by atoms with Crippen LogP contribution in [0.1, 0.15) is 43.5 Å². The maximum atomic E-state index is 16.6. The van der Waals surface area contributed by atoms with Gasteiger partial charge in [0.25, 0.3) is 0 Å². The normalized spacial score (nSPS) is 20.2. The van der Waals surface area contributed by atoms with Gasteiger partial charge in [-0.15, -0.1) is 6.42 Å². The van der Waals surface area contributed by atoms with Gasteiger partial charge in [-0.3, -0.25) is 29.3 Å². The number of carbonyl (C=O) groups is 3. The molecule has 7 fully saturated rings. The molecule has 19 rings (SSSR count). The number of likely N-dealkylation sites (tertiary alicyclic amines) is 4. The second-order valence-electron chi connectivity index (χ2n) is 28.8. The summed E-state index contributed by atoms with van der Waals surface area (Å²) in [7, 11) is 2.06. The molecular formula is C84H70Cl2F4N16O6. The fourth-order valence-electron chi connectivity index (χ4n) is 17.4. The number of halogens is 6. The number of rotatable bonds is 12. The predicted octanol–water partition coefficient (Wildman–Crippen LogP) is 13.5. The number of terminal acetylenes is 1. The topological polar surface area (TPSA) is 240 Å². The third kappa shape index (κ3) is 12.2. The number of hydrogen-bond donors (Lipinski definition) is 2. The zero-order valence-corrected chi connectivity index (χ0v) is 62.1. The maximum absolute atomic E-state index is 16.6. The number of aromatic nitrogens is 9. The van der Waals surface area contributed by atoms with Crippen molar-refractivity contribution in [2.45, 2.75) is 81.3 Å². The lowest BCUT2D eigenvalue weighted by Crippen LogP contribution is -2.63. The number of nitrogens with zero attached hydrogens (tertiary/aromatic N) is 16. The zero-order chi connectivity index (χ0) is 77.8. The smallest absolute Gasteiger partial charge is 0.319 e. The van der Waals surface area contributed by atoms with Crippen LogP contribution in [0.25, 0.3) is 98.8 Å². The lowest BCUT2D eigenvalue weighted by Gasteiger charge is -2.47. The maximum Gasteiger partial charge on any atom is 0.319 e. The summed E-state index contributed by atoms with van der Waals surface area (Å²) in [5, 5.41) is 26.6. The summed E-state index contributed by atoms with van der Waals surface area (Å²) in [6.45, 7) is 17.6. The predicted molar refractivity (Wildman–Crippen MR) is 422 cm³/mol. The Hall–Kier alpha value is -12.2. The molecule has 6 aromatic carbocycles. The lowest BCUT2D eigenvalue weighted by atomic mass is 9.95. The Morgan fingerprint density at radius 3 is 1.53 bits per heavy atom. The molecular weight excluding hydrogens is 1480 g/mol. The minimum Gasteiger partial charge on any atom is -0.508 e. The van der Waals surface area contributed by atoms with Crippen molar-refractivity contribution >= 4 is 123 Å². The van der Waals surface area contributed by atoms with Gasteiger partial charge >= 0.3 is 6.01 Å². The van der Waals surface area contributed by atoms with Crippen LogP contribution in [0, 0.1) is 42.5 Å². The molecule has 7 aliphatic heterocycles. The number of phenols is 2. The summed E-state index contributed by atoms with van der Waals surface area (Å²) < 4.78 is 69.1. The van der Waals surface area contributed by atoms with Crippen LogP contribution in [0.15, 0.2) is 154 Å². The Labute approximate surface area is 649 Å². The fraction of sp³-hybridized carbons (Fsp3) is 0.262. The number of aromatic hydroxyl groups is 2. The molecule has 7 atom stereocenters. The van der Waals surface area contributed by atoms with Gasteiger partial charge in [-0.25, -0.2) is 37.5 Å². The van der Waals surface area contributed by atoms with Crippen molar-refractivity contribution < 1.29 is 46.9 Å². The summed E-state index contributed by atoms with van der Waals surface area (Å²) in [4.78, 5) is 90.9. The highest BCUT2D eigenvalue weighted by Gasteiger charge is 2.52. The molecule has 112 heavy (non-hydrogen) atoms. The van der Waals surface area contributed by atoms with E-state index in [1.165, 1.54) is 42.8 Å². The molecule has 6 aromatic heterocycles. The molecule has 0 aliphatic carbocycles. The minimum atomic E-state index is -0.655. The van der Waals surface area contributed by atoms with Crippen LogP contribution in [0.5, 0.6) is 17.5 Å². The van der Waals surface area contributed by atoms with E-state index in [0.29, 0.717) is 144 Å². The van der Waals surface area contributed by atoms with Crippen molar-refractivity contribution in [1.29, 1.82) is 0 Å². The highest BCUT2D eigenvalue weighted by atomic mass is 35.5. The molecule has 564 valence electrons. The van der Waals surface area contributed by atoms with E-state index in [-0.39, 0.29) is 117 Å². The average Bonchev–Trinajstić information content (AvgIpc) is 1.36. The zero-order valence-electron chi connectivity index (χ0n) is 60.6. The number of carbonyl (C=O) groups excluding carboxylic acids is 3. The van der Waals surface area contributed by atoms with E-state index in [2.05, 4.69) is 92.2 Å². The number of ether oxygens (including phenoxy) is 1. The van der Waals surface area contributed by atoms with E-state index < -0.39 is 23.3 Å². The molecule has 0 spiro atoms. The second-order valence-corrected chi connectivity index (χ2v) is 29.6. The molecule has 13 heterocycles. The third-order valence-corrected chi connectivity index (χ3v) is 23.5. The largest absolute Gasteiger partial charge is 0.508 e. The van der Waals surface area contributed by atoms with Crippen molar-refractivity contribution in [2.24, 2.45) is 0 Å². The van der Waals surface area contributed by atoms with Crippen LogP contribution in [0.2, 0.25) is 10.0 Å². The second kappa shape index (κ2) is 28.9. The summed E-state index contributed by atoms with van der Waals surface area (Å²) >= 11 is 13.0. The molecule has 28 heteroatoms. The number of fused-ring (bicyclic) bond motifs is 9. The first-order valence-corrected chi connectivity index (χ1v) is 37.4. The van der Waals surface area contributed by atoms with Crippen LogP contribution in [-0.2, 0) is 14.4 Å². The van der Waals surface area contributed by atoms with E-state index in [1.54, 1.807) is 98.3 Å². The van der Waals surface area contributed by atoms with Crippen molar-refractivity contribution in [3.8, 4) is 63.6 Å². The first-order valence-electron chi connectivity index (χ1n) is 36.7. The van der Waals surface area contributed by atoms with E-state index >= 15 is 13.2 Å². The number of amides is 3. The standard InChI is InChI=1S/C31H30ClFN6O3.C28H21F2N5O.C25H19ClFN5O2/c1-3-25(41)38-11-9-23-24(38)15-39(23)30-21-14-34-28(20-13-19(40)12-17-6-4-8-22(32)26(17)20)27(33)29(21)35-31(36-30)42-16-18-7-5-10-37(18)2;1-4-17-20(29)10-9-16-7-6-8-18(24(16)17)26-25(30)27-19(13-31-26)28(33-15(3)32-27)35-14-22-21(35)11-12-34(22)23(36)5-2;1-2-20(34)31-7-6-18-19(31)11-32(18)25-16-10-28-23(22(27)24(16)29-12-30-25)15-9-14(33)8-13-4-3-5-17(26)21(13)15/h3-4,6,8,12-14,18,23-24,40H,1,5,7,9-11,15-16H2,2H3;1,5-10,13,21-22H,2,11-12,14H2,3H3;2-5,8-10,12,18-19,33H,1,6-7,11H2/t18-,23+,24+;21-,22-;18-,19-/m011/s1. The monoisotopic (exact) mass is 1540 g/mol. The number of hydrogen-bond acceptors (Lipinski definition) is 19. The van der Waals surface area contributed by atoms with Crippen LogP contribution in [0.4, 0.5) is 35.0 Å². The Bertz CT molecular complexity index is 6060. The van der Waals surface area contributed by atoms with Crippen LogP contribution >= 0.6 is 23.2 Å². The Balaban J connectivity index is 0.000000123. The summed E-state index contributed by atoms with van der Waals surface area (Å²) in [6.07, 6.45) is 20.1. The number of phenolic OH excluding ortho intramolecular Hbond substituents is 2. The minimum absolute atomic E-state index is 0.0130. The Morgan fingerprint density at radius 1 is 0.545 bits per heavy atom. The van der Waals surface area contributed by atoms with Gasteiger partial charge in [0.05, 0.1) is 58.0 Å². The van der Waals surface area contributed by atoms with Gasteiger partial charge in [-0.1, -0.05) is 97.4 Å². The summed E-state index contributed by atoms with van der Waals surface area (Å²) in [6, 6.07) is 25.6. The number of pyridine rings is 3. The highest BCUT2D eigenvalue weighted by molar-refractivity contribution is 6.37. The number of benzene rings is 6. The van der Waals surface area contributed by atoms with Crippen molar-refractivity contribution in [1.82, 2.24) is 64.5 Å². The molecule has 3 amide bonds. The van der Waals surface area contributed by atoms with E-state index in [4.69, 9.17) is 39.3 Å². The lowest BCUT2D eigenvalue weighted by molar-refractivity contribution is -0.128. The molecule has 12 aromatic rings. The SMILES string of the molecule is C#Cc1c(F)ccc2cccc(-c3ncc4c(N5C[C@@H]6[C@H]5CCN6C(=O)C=C)nc(C)nc4c3F)c12.C=CC(=O)N1CC[C@@H]2[C@H]1CN2c1nc(OC[C@@H]2CCCN2C)nc2c(F)c(-c3cc(O)cc4cccc(Cl)c34)ncc12.C=CC(=O)N1CC[C@@H]2[C@H]1CN2c1ncnc2c(F)c(-c3cc(O)cc4cccc(Cl)c34)ncc12. The molecule has 0 unspecified atom stereocenters. The Morgan fingerprint density at radius 2 is 1.02 bits per heavy atom. The molecule has 0 saturated carbocycles. The highest BCUT2D eigenvalue weighted by Crippen LogP contribution is 2.47. The Kier molecular flexibility index (Phi) is 18.8. The van der Waals surface area contributed by atoms with Gasteiger partial charge in [0.15, 0.2) is 17.5 Å². The van der Waals surface area contributed by atoms with Gasteiger partial charge in [0.2, 0.25) is 17.7 Å². The van der Waals surface area contributed by atoms with Gasteiger partial charge in [0.1, 0.15) is 87.2 Å². The molecule has 7 saturated heterocycles. The third-order valence-electron chi connectivity index (χ3n) is 22.9. The fourth-order valence-corrected chi connectivity index (χ4v) is 17.9.